The number of aliphatic hydroxyl groups excluding tert-OH is 1. The number of hydrogen-bond acceptors (Lipinski definition) is 3. The Morgan fingerprint density at radius 1 is 1.20 bits per heavy atom. The third-order valence-electron chi connectivity index (χ3n) is 3.46. The molecule has 1 heterocycles. The van der Waals surface area contributed by atoms with Crippen LogP contribution in [0, 0.1) is 5.41 Å². The van der Waals surface area contributed by atoms with Crippen LogP contribution in [0.25, 0.3) is 0 Å². The first-order chi connectivity index (χ1) is 9.49. The van der Waals surface area contributed by atoms with E-state index in [9.17, 15) is 5.11 Å². The smallest absolute Gasteiger partial charge is 0.219 e. The summed E-state index contributed by atoms with van der Waals surface area (Å²) in [5.41, 5.74) is 0.771. The number of hydrogen-bond donors (Lipinski definition) is 1. The molecule has 0 spiro atoms. The van der Waals surface area contributed by atoms with Crippen LogP contribution in [-0.2, 0) is 9.47 Å². The monoisotopic (exact) mass is 276 g/mol. The van der Waals surface area contributed by atoms with Gasteiger partial charge in [0.15, 0.2) is 0 Å². The van der Waals surface area contributed by atoms with E-state index in [4.69, 9.17) is 9.47 Å². The molecule has 0 saturated carbocycles. The largest absolute Gasteiger partial charge is 0.382 e. The lowest BCUT2D eigenvalue weighted by atomic mass is 9.92. The van der Waals surface area contributed by atoms with Gasteiger partial charge in [0.05, 0.1) is 13.2 Å². The Hall–Kier alpha value is -1.16. The van der Waals surface area contributed by atoms with E-state index >= 15 is 0 Å². The van der Waals surface area contributed by atoms with Gasteiger partial charge in [-0.2, -0.15) is 0 Å². The van der Waals surface area contributed by atoms with Crippen molar-refractivity contribution in [2.75, 3.05) is 13.2 Å². The molecule has 0 bridgehead atoms. The summed E-state index contributed by atoms with van der Waals surface area (Å²) in [6, 6.07) is 9.51. The van der Waals surface area contributed by atoms with E-state index in [1.54, 1.807) is 0 Å². The van der Waals surface area contributed by atoms with Crippen molar-refractivity contribution in [3.63, 3.8) is 0 Å². The molecule has 0 radical (unpaired) electrons. The fourth-order valence-electron chi connectivity index (χ4n) is 2.19. The number of allylic oxidation sites excluding steroid dienone is 1. The fraction of sp³-hybridized carbons (Fsp3) is 0.529. The van der Waals surface area contributed by atoms with Crippen molar-refractivity contribution >= 4 is 0 Å². The molecule has 1 atom stereocenters. The van der Waals surface area contributed by atoms with Crippen molar-refractivity contribution in [3.8, 4) is 0 Å². The molecule has 1 aromatic rings. The first-order valence-electron chi connectivity index (χ1n) is 7.18. The highest BCUT2D eigenvalue weighted by atomic mass is 16.7. The highest BCUT2D eigenvalue weighted by Gasteiger charge is 2.44. The summed E-state index contributed by atoms with van der Waals surface area (Å²) in [5.74, 6) is -1.08. The molecule has 1 saturated heterocycles. The van der Waals surface area contributed by atoms with Crippen LogP contribution in [0.15, 0.2) is 42.5 Å². The first-order valence-corrected chi connectivity index (χ1v) is 7.18. The van der Waals surface area contributed by atoms with E-state index in [1.165, 1.54) is 0 Å². The minimum atomic E-state index is -1.08. The Bertz CT molecular complexity index is 441. The maximum atomic E-state index is 10.7. The maximum Gasteiger partial charge on any atom is 0.219 e. The van der Waals surface area contributed by atoms with E-state index in [0.29, 0.717) is 13.2 Å². The molecule has 1 unspecified atom stereocenters. The van der Waals surface area contributed by atoms with Crippen molar-refractivity contribution in [3.05, 3.63) is 48.0 Å². The van der Waals surface area contributed by atoms with Crippen LogP contribution in [0.4, 0.5) is 0 Å². The molecule has 20 heavy (non-hydrogen) atoms. The van der Waals surface area contributed by atoms with E-state index in [2.05, 4.69) is 13.8 Å². The van der Waals surface area contributed by atoms with Crippen LogP contribution >= 0.6 is 0 Å². The zero-order valence-corrected chi connectivity index (χ0v) is 12.5. The molecule has 0 amide bonds. The summed E-state index contributed by atoms with van der Waals surface area (Å²) in [7, 11) is 0. The van der Waals surface area contributed by atoms with Gasteiger partial charge in [-0.1, -0.05) is 57.2 Å². The molecule has 110 valence electrons. The Labute approximate surface area is 121 Å². The number of rotatable bonds is 4. The zero-order valence-electron chi connectivity index (χ0n) is 12.5. The lowest BCUT2D eigenvalue weighted by Crippen LogP contribution is -2.50. The van der Waals surface area contributed by atoms with Gasteiger partial charge in [-0.05, 0) is 18.1 Å². The maximum absolute atomic E-state index is 10.7. The molecule has 1 aliphatic rings. The first kappa shape index (κ1) is 15.2. The SMILES string of the molecule is CC/C=C/C1(C(O)c2ccccc2)OCC(C)(C)CO1. The molecule has 0 aromatic heterocycles. The normalized spacial score (nSPS) is 22.8. The molecule has 2 rings (SSSR count). The average molecular weight is 276 g/mol. The van der Waals surface area contributed by atoms with Crippen LogP contribution in [0.2, 0.25) is 0 Å². The van der Waals surface area contributed by atoms with Gasteiger partial charge in [0, 0.05) is 5.41 Å². The number of ether oxygens (including phenoxy) is 2. The predicted octanol–water partition coefficient (Wildman–Crippen LogP) is 3.46. The van der Waals surface area contributed by atoms with Crippen molar-refractivity contribution in [1.29, 1.82) is 0 Å². The molecule has 1 aliphatic heterocycles. The van der Waals surface area contributed by atoms with Crippen LogP contribution < -0.4 is 0 Å². The summed E-state index contributed by atoms with van der Waals surface area (Å²) in [6.45, 7) is 7.35. The van der Waals surface area contributed by atoms with Crippen LogP contribution in [0.5, 0.6) is 0 Å². The summed E-state index contributed by atoms with van der Waals surface area (Å²) in [6.07, 6.45) is 3.87. The zero-order chi connectivity index (χ0) is 14.6. The van der Waals surface area contributed by atoms with Crippen molar-refractivity contribution in [2.24, 2.45) is 5.41 Å². The second-order valence-corrected chi connectivity index (χ2v) is 6.09. The molecular formula is C17H24O3. The number of benzene rings is 1. The van der Waals surface area contributed by atoms with Gasteiger partial charge in [-0.25, -0.2) is 0 Å². The Morgan fingerprint density at radius 3 is 2.35 bits per heavy atom. The second-order valence-electron chi connectivity index (χ2n) is 6.09. The lowest BCUT2D eigenvalue weighted by molar-refractivity contribution is -0.309. The van der Waals surface area contributed by atoms with Gasteiger partial charge >= 0.3 is 0 Å². The van der Waals surface area contributed by atoms with Crippen molar-refractivity contribution in [2.45, 2.75) is 39.1 Å². The molecule has 3 nitrogen and oxygen atoms in total. The molecule has 1 fully saturated rings. The topological polar surface area (TPSA) is 38.7 Å². The summed E-state index contributed by atoms with van der Waals surface area (Å²) >= 11 is 0. The van der Waals surface area contributed by atoms with E-state index < -0.39 is 11.9 Å². The minimum absolute atomic E-state index is 0.0278. The summed E-state index contributed by atoms with van der Waals surface area (Å²) in [4.78, 5) is 0. The third kappa shape index (κ3) is 3.29. The third-order valence-corrected chi connectivity index (χ3v) is 3.46. The molecule has 0 aliphatic carbocycles. The fourth-order valence-corrected chi connectivity index (χ4v) is 2.19. The highest BCUT2D eigenvalue weighted by Crippen LogP contribution is 2.38. The van der Waals surface area contributed by atoms with Gasteiger partial charge in [0.1, 0.15) is 6.10 Å². The van der Waals surface area contributed by atoms with Crippen LogP contribution in [0.1, 0.15) is 38.9 Å². The van der Waals surface area contributed by atoms with Gasteiger partial charge in [-0.15, -0.1) is 0 Å². The van der Waals surface area contributed by atoms with Crippen LogP contribution in [-0.4, -0.2) is 24.1 Å². The average Bonchev–Trinajstić information content (AvgIpc) is 2.47. The Morgan fingerprint density at radius 2 is 1.80 bits per heavy atom. The van der Waals surface area contributed by atoms with Gasteiger partial charge < -0.3 is 14.6 Å². The van der Waals surface area contributed by atoms with Crippen molar-refractivity contribution in [1.82, 2.24) is 0 Å². The van der Waals surface area contributed by atoms with Gasteiger partial charge in [0.2, 0.25) is 5.79 Å². The summed E-state index contributed by atoms with van der Waals surface area (Å²) < 4.78 is 11.9. The quantitative estimate of drug-likeness (QED) is 0.856. The molecule has 1 aromatic carbocycles. The Kier molecular flexibility index (Phi) is 4.63. The van der Waals surface area contributed by atoms with Gasteiger partial charge in [0.25, 0.3) is 0 Å². The standard InChI is InChI=1S/C17H24O3/c1-4-5-11-17(19-12-16(2,3)13-20-17)15(18)14-9-7-6-8-10-14/h5-11,15,18H,4,12-13H2,1-3H3/b11-5+. The van der Waals surface area contributed by atoms with Crippen LogP contribution in [0.3, 0.4) is 0 Å². The highest BCUT2D eigenvalue weighted by molar-refractivity contribution is 5.22. The molecular weight excluding hydrogens is 252 g/mol. The molecule has 1 N–H and O–H groups in total. The van der Waals surface area contributed by atoms with Gasteiger partial charge in [-0.3, -0.25) is 0 Å². The van der Waals surface area contributed by atoms with E-state index in [-0.39, 0.29) is 5.41 Å². The van der Waals surface area contributed by atoms with E-state index in [1.807, 2.05) is 49.4 Å². The summed E-state index contributed by atoms with van der Waals surface area (Å²) in [5, 5.41) is 10.7. The minimum Gasteiger partial charge on any atom is -0.382 e. The second kappa shape index (κ2) is 6.08. The van der Waals surface area contributed by atoms with Crippen molar-refractivity contribution < 1.29 is 14.6 Å². The number of aliphatic hydroxyl groups is 1. The van der Waals surface area contributed by atoms with E-state index in [0.717, 1.165) is 12.0 Å². The predicted molar refractivity (Wildman–Crippen MR) is 79.2 cm³/mol. The molecule has 3 heteroatoms. The lowest BCUT2D eigenvalue weighted by Gasteiger charge is -2.44. The Balaban J connectivity index is 2.26.